The smallest absolute Gasteiger partial charge is 0.255 e. The summed E-state index contributed by atoms with van der Waals surface area (Å²) in [5, 5.41) is 8.04. The van der Waals surface area contributed by atoms with Crippen molar-refractivity contribution in [3.05, 3.63) is 82.1 Å². The molecule has 4 rings (SSSR count). The lowest BCUT2D eigenvalue weighted by Gasteiger charge is -2.32. The zero-order chi connectivity index (χ0) is 21.8. The fraction of sp³-hybridized carbons (Fsp3) is 0.333. The number of amides is 1. The van der Waals surface area contributed by atoms with Gasteiger partial charge in [-0.2, -0.15) is 5.10 Å². The lowest BCUT2D eigenvalue weighted by atomic mass is 10.1. The number of halogens is 1. The van der Waals surface area contributed by atoms with Crippen LogP contribution in [0.25, 0.3) is 5.69 Å². The number of aromatic nitrogens is 2. The molecular formula is C24H28ClN5O. The quantitative estimate of drug-likeness (QED) is 0.641. The number of likely N-dealkylation sites (N-methyl/N-ethyl adjacent to an activating group) is 1. The molecule has 0 unspecified atom stereocenters. The summed E-state index contributed by atoms with van der Waals surface area (Å²) in [6.07, 6.45) is 1.61. The summed E-state index contributed by atoms with van der Waals surface area (Å²) in [6.45, 7) is 7.72. The van der Waals surface area contributed by atoms with E-state index in [1.165, 1.54) is 5.56 Å². The molecule has 0 bridgehead atoms. The number of carbonyl (C=O) groups excluding carboxylic acids is 1. The third kappa shape index (κ3) is 5.34. The molecule has 1 aliphatic heterocycles. The maximum atomic E-state index is 12.8. The normalized spacial score (nSPS) is 15.2. The Hall–Kier alpha value is -2.67. The Morgan fingerprint density at radius 1 is 1.06 bits per heavy atom. The van der Waals surface area contributed by atoms with Gasteiger partial charge in [-0.05, 0) is 43.3 Å². The predicted molar refractivity (Wildman–Crippen MR) is 124 cm³/mol. The van der Waals surface area contributed by atoms with E-state index in [0.717, 1.165) is 49.7 Å². The van der Waals surface area contributed by atoms with Gasteiger partial charge in [0.15, 0.2) is 0 Å². The molecule has 1 fully saturated rings. The maximum Gasteiger partial charge on any atom is 0.255 e. The molecule has 2 heterocycles. The van der Waals surface area contributed by atoms with Crippen LogP contribution in [0.1, 0.15) is 27.2 Å². The molecule has 0 spiro atoms. The van der Waals surface area contributed by atoms with Crippen LogP contribution in [-0.4, -0.2) is 58.7 Å². The summed E-state index contributed by atoms with van der Waals surface area (Å²) in [4.78, 5) is 17.6. The predicted octanol–water partition coefficient (Wildman–Crippen LogP) is 3.51. The zero-order valence-electron chi connectivity index (χ0n) is 18.0. The highest BCUT2D eigenvalue weighted by Crippen LogP contribution is 2.18. The lowest BCUT2D eigenvalue weighted by molar-refractivity contribution is 0.0950. The van der Waals surface area contributed by atoms with Crippen molar-refractivity contribution in [2.45, 2.75) is 20.0 Å². The van der Waals surface area contributed by atoms with Crippen LogP contribution in [0.15, 0.2) is 54.7 Å². The van der Waals surface area contributed by atoms with Gasteiger partial charge >= 0.3 is 0 Å². The van der Waals surface area contributed by atoms with Crippen molar-refractivity contribution in [1.82, 2.24) is 24.9 Å². The molecule has 6 nitrogen and oxygen atoms in total. The van der Waals surface area contributed by atoms with E-state index in [-0.39, 0.29) is 5.91 Å². The van der Waals surface area contributed by atoms with E-state index < -0.39 is 0 Å². The van der Waals surface area contributed by atoms with Gasteiger partial charge in [-0.15, -0.1) is 0 Å². The maximum absolute atomic E-state index is 12.8. The van der Waals surface area contributed by atoms with Gasteiger partial charge in [0.2, 0.25) is 0 Å². The first kappa shape index (κ1) is 21.6. The van der Waals surface area contributed by atoms with Crippen molar-refractivity contribution in [2.75, 3.05) is 33.2 Å². The van der Waals surface area contributed by atoms with Crippen molar-refractivity contribution in [3.63, 3.8) is 0 Å². The number of hydrogen-bond acceptors (Lipinski definition) is 4. The van der Waals surface area contributed by atoms with E-state index in [0.29, 0.717) is 17.1 Å². The Morgan fingerprint density at radius 3 is 2.58 bits per heavy atom. The first-order chi connectivity index (χ1) is 15.0. The van der Waals surface area contributed by atoms with E-state index in [1.807, 2.05) is 31.2 Å². The van der Waals surface area contributed by atoms with Crippen LogP contribution in [0, 0.1) is 6.92 Å². The van der Waals surface area contributed by atoms with Crippen molar-refractivity contribution >= 4 is 17.5 Å². The molecule has 0 radical (unpaired) electrons. The summed E-state index contributed by atoms with van der Waals surface area (Å²) in [5.74, 6) is -0.129. The SMILES string of the molecule is Cc1c(C(=O)NCc2cccc(CN3CCN(C)CC3)c2)cnn1-c1cccc(Cl)c1. The molecule has 162 valence electrons. The molecule has 0 atom stereocenters. The largest absolute Gasteiger partial charge is 0.348 e. The molecule has 1 aliphatic rings. The van der Waals surface area contributed by atoms with Crippen molar-refractivity contribution in [2.24, 2.45) is 0 Å². The van der Waals surface area contributed by atoms with Gasteiger partial charge in [0, 0.05) is 44.3 Å². The van der Waals surface area contributed by atoms with Crippen LogP contribution < -0.4 is 5.32 Å². The van der Waals surface area contributed by atoms with E-state index >= 15 is 0 Å². The Kier molecular flexibility index (Phi) is 6.70. The van der Waals surface area contributed by atoms with Gasteiger partial charge in [-0.1, -0.05) is 41.9 Å². The summed E-state index contributed by atoms with van der Waals surface area (Å²) in [6, 6.07) is 15.9. The minimum atomic E-state index is -0.129. The Morgan fingerprint density at radius 2 is 1.81 bits per heavy atom. The highest BCUT2D eigenvalue weighted by atomic mass is 35.5. The monoisotopic (exact) mass is 437 g/mol. The fourth-order valence-electron chi connectivity index (χ4n) is 3.88. The molecule has 0 aliphatic carbocycles. The number of hydrogen-bond donors (Lipinski definition) is 1. The van der Waals surface area contributed by atoms with Gasteiger partial charge in [0.25, 0.3) is 5.91 Å². The Bertz CT molecular complexity index is 1060. The highest BCUT2D eigenvalue weighted by Gasteiger charge is 2.16. The molecule has 1 aromatic heterocycles. The number of carbonyl (C=O) groups is 1. The van der Waals surface area contributed by atoms with Crippen LogP contribution in [-0.2, 0) is 13.1 Å². The highest BCUT2D eigenvalue weighted by molar-refractivity contribution is 6.30. The number of piperazine rings is 1. The molecule has 1 N–H and O–H groups in total. The first-order valence-corrected chi connectivity index (χ1v) is 10.9. The molecule has 7 heteroatoms. The Labute approximate surface area is 188 Å². The lowest BCUT2D eigenvalue weighted by Crippen LogP contribution is -2.43. The minimum Gasteiger partial charge on any atom is -0.348 e. The van der Waals surface area contributed by atoms with Crippen molar-refractivity contribution in [3.8, 4) is 5.69 Å². The third-order valence-corrected chi connectivity index (χ3v) is 5.99. The second kappa shape index (κ2) is 9.64. The van der Waals surface area contributed by atoms with Crippen LogP contribution in [0.4, 0.5) is 0 Å². The number of benzene rings is 2. The topological polar surface area (TPSA) is 53.4 Å². The average molecular weight is 438 g/mol. The minimum absolute atomic E-state index is 0.129. The average Bonchev–Trinajstić information content (AvgIpc) is 3.15. The number of nitrogens with zero attached hydrogens (tertiary/aromatic N) is 4. The molecule has 0 saturated carbocycles. The van der Waals surface area contributed by atoms with Crippen molar-refractivity contribution in [1.29, 1.82) is 0 Å². The molecule has 3 aromatic rings. The van der Waals surface area contributed by atoms with Gasteiger partial charge in [0.05, 0.1) is 23.1 Å². The van der Waals surface area contributed by atoms with E-state index in [4.69, 9.17) is 11.6 Å². The standard InChI is InChI=1S/C24H28ClN5O/c1-18-23(16-27-30(18)22-8-4-7-21(25)14-22)24(31)26-15-19-5-3-6-20(13-19)17-29-11-9-28(2)10-12-29/h3-8,13-14,16H,9-12,15,17H2,1-2H3,(H,26,31). The number of rotatable bonds is 6. The molecular weight excluding hydrogens is 410 g/mol. The molecule has 31 heavy (non-hydrogen) atoms. The summed E-state index contributed by atoms with van der Waals surface area (Å²) >= 11 is 6.09. The van der Waals surface area contributed by atoms with E-state index in [9.17, 15) is 4.79 Å². The van der Waals surface area contributed by atoms with E-state index in [2.05, 4.69) is 51.5 Å². The van der Waals surface area contributed by atoms with Crippen LogP contribution in [0.2, 0.25) is 5.02 Å². The van der Waals surface area contributed by atoms with Crippen LogP contribution in [0.5, 0.6) is 0 Å². The Balaban J connectivity index is 1.38. The first-order valence-electron chi connectivity index (χ1n) is 10.6. The fourth-order valence-corrected chi connectivity index (χ4v) is 4.06. The molecule has 1 saturated heterocycles. The van der Waals surface area contributed by atoms with Gasteiger partial charge in [-0.3, -0.25) is 9.69 Å². The van der Waals surface area contributed by atoms with Crippen LogP contribution >= 0.6 is 11.6 Å². The van der Waals surface area contributed by atoms with Gasteiger partial charge < -0.3 is 10.2 Å². The third-order valence-electron chi connectivity index (χ3n) is 5.75. The van der Waals surface area contributed by atoms with Gasteiger partial charge in [-0.25, -0.2) is 4.68 Å². The van der Waals surface area contributed by atoms with Crippen molar-refractivity contribution < 1.29 is 4.79 Å². The zero-order valence-corrected chi connectivity index (χ0v) is 18.8. The van der Waals surface area contributed by atoms with E-state index in [1.54, 1.807) is 10.9 Å². The molecule has 2 aromatic carbocycles. The number of nitrogens with one attached hydrogen (secondary N) is 1. The van der Waals surface area contributed by atoms with Crippen LogP contribution in [0.3, 0.4) is 0 Å². The van der Waals surface area contributed by atoms with Gasteiger partial charge in [0.1, 0.15) is 0 Å². The molecule has 1 amide bonds. The summed E-state index contributed by atoms with van der Waals surface area (Å²) in [5.41, 5.74) is 4.55. The second-order valence-electron chi connectivity index (χ2n) is 8.12. The summed E-state index contributed by atoms with van der Waals surface area (Å²) < 4.78 is 1.73. The summed E-state index contributed by atoms with van der Waals surface area (Å²) in [7, 11) is 2.17. The second-order valence-corrected chi connectivity index (χ2v) is 8.55.